The number of barbiturate groups is 1. The number of hydrogen-bond acceptors (Lipinski definition) is 4. The summed E-state index contributed by atoms with van der Waals surface area (Å²) in [5.41, 5.74) is -1.10. The van der Waals surface area contributed by atoms with Crippen molar-refractivity contribution in [1.29, 1.82) is 0 Å². The molecule has 1 spiro atoms. The number of nitrogens with one attached hydrogen (secondary N) is 2. The summed E-state index contributed by atoms with van der Waals surface area (Å²) in [5, 5.41) is 4.78. The molecule has 19 heavy (non-hydrogen) atoms. The molecule has 0 aromatic heterocycles. The Morgan fingerprint density at radius 2 is 2.05 bits per heavy atom. The molecule has 2 aliphatic rings. The smallest absolute Gasteiger partial charge is 0.331 e. The fourth-order valence-electron chi connectivity index (χ4n) is 2.13. The van der Waals surface area contributed by atoms with E-state index in [1.165, 1.54) is 6.92 Å². The highest BCUT2D eigenvalue weighted by Gasteiger charge is 2.63. The van der Waals surface area contributed by atoms with Crippen LogP contribution in [-0.2, 0) is 14.4 Å². The Balaban J connectivity index is 2.14. The number of urea groups is 1. The fourth-order valence-corrected chi connectivity index (χ4v) is 2.13. The topological polar surface area (TPSA) is 95.6 Å². The molecule has 0 aromatic rings. The van der Waals surface area contributed by atoms with Crippen molar-refractivity contribution in [2.24, 2.45) is 5.41 Å². The van der Waals surface area contributed by atoms with Gasteiger partial charge in [-0.2, -0.15) is 0 Å². The first-order valence-corrected chi connectivity index (χ1v) is 6.41. The van der Waals surface area contributed by atoms with Gasteiger partial charge in [-0.3, -0.25) is 24.6 Å². The van der Waals surface area contributed by atoms with Gasteiger partial charge in [-0.25, -0.2) is 4.79 Å². The molecule has 7 heteroatoms. The number of carbonyl (C=O) groups excluding carboxylic acids is 4. The molecule has 1 unspecified atom stereocenters. The number of amides is 5. The maximum atomic E-state index is 12.2. The van der Waals surface area contributed by atoms with Crippen molar-refractivity contribution < 1.29 is 19.2 Å². The molecular weight excluding hydrogens is 250 g/mol. The summed E-state index contributed by atoms with van der Waals surface area (Å²) in [6, 6.07) is -1.73. The summed E-state index contributed by atoms with van der Waals surface area (Å²) < 4.78 is 0. The van der Waals surface area contributed by atoms with Crippen molar-refractivity contribution in [2.75, 3.05) is 6.54 Å². The second-order valence-corrected chi connectivity index (χ2v) is 4.98. The number of imide groups is 2. The molecule has 104 valence electrons. The van der Waals surface area contributed by atoms with Crippen molar-refractivity contribution in [3.8, 4) is 0 Å². The molecule has 2 fully saturated rings. The van der Waals surface area contributed by atoms with E-state index in [-0.39, 0.29) is 0 Å². The summed E-state index contributed by atoms with van der Waals surface area (Å²) in [4.78, 5) is 48.3. The van der Waals surface area contributed by atoms with E-state index < -0.39 is 35.2 Å². The van der Waals surface area contributed by atoms with Gasteiger partial charge in [0.05, 0.1) is 0 Å². The number of nitrogens with zero attached hydrogens (tertiary/aromatic N) is 1. The fraction of sp³-hybridized carbons (Fsp3) is 0.667. The molecule has 1 heterocycles. The van der Waals surface area contributed by atoms with Crippen molar-refractivity contribution in [2.45, 2.75) is 39.2 Å². The van der Waals surface area contributed by atoms with Gasteiger partial charge < -0.3 is 5.32 Å². The van der Waals surface area contributed by atoms with Gasteiger partial charge in [0, 0.05) is 6.54 Å². The Bertz CT molecular complexity index is 456. The second kappa shape index (κ2) is 4.64. The zero-order valence-corrected chi connectivity index (χ0v) is 11.0. The second-order valence-electron chi connectivity index (χ2n) is 4.98. The molecule has 1 aliphatic carbocycles. The molecule has 5 amide bonds. The van der Waals surface area contributed by atoms with Crippen LogP contribution in [-0.4, -0.2) is 41.2 Å². The van der Waals surface area contributed by atoms with Crippen molar-refractivity contribution >= 4 is 23.8 Å². The molecule has 1 saturated carbocycles. The van der Waals surface area contributed by atoms with Crippen LogP contribution < -0.4 is 10.6 Å². The van der Waals surface area contributed by atoms with Crippen LogP contribution in [0.4, 0.5) is 4.79 Å². The standard InChI is InChI=1S/C12H17N3O4/c1-3-6-13-8(16)7(2)15-10(18)12(4-5-12)9(17)14-11(15)19/h7H,3-6H2,1-2H3,(H,13,16)(H,14,17,19). The monoisotopic (exact) mass is 267 g/mol. The average molecular weight is 267 g/mol. The van der Waals surface area contributed by atoms with E-state index >= 15 is 0 Å². The summed E-state index contributed by atoms with van der Waals surface area (Å²) in [5.74, 6) is -1.49. The van der Waals surface area contributed by atoms with E-state index in [1.807, 2.05) is 6.92 Å². The van der Waals surface area contributed by atoms with Gasteiger partial charge >= 0.3 is 6.03 Å². The molecule has 1 atom stereocenters. The van der Waals surface area contributed by atoms with Crippen molar-refractivity contribution in [3.63, 3.8) is 0 Å². The van der Waals surface area contributed by atoms with Gasteiger partial charge in [-0.05, 0) is 26.2 Å². The van der Waals surface area contributed by atoms with Gasteiger partial charge in [-0.1, -0.05) is 6.92 Å². The third-order valence-electron chi connectivity index (χ3n) is 3.57. The highest BCUT2D eigenvalue weighted by atomic mass is 16.2. The van der Waals surface area contributed by atoms with Gasteiger partial charge in [0.15, 0.2) is 0 Å². The lowest BCUT2D eigenvalue weighted by atomic mass is 10.0. The highest BCUT2D eigenvalue weighted by molar-refractivity contribution is 6.21. The predicted octanol–water partition coefficient (Wildman–Crippen LogP) is -0.240. The van der Waals surface area contributed by atoms with E-state index in [9.17, 15) is 19.2 Å². The quantitative estimate of drug-likeness (QED) is 0.687. The lowest BCUT2D eigenvalue weighted by Gasteiger charge is -2.33. The Morgan fingerprint density at radius 1 is 1.42 bits per heavy atom. The normalized spacial score (nSPS) is 22.2. The van der Waals surface area contributed by atoms with E-state index in [1.54, 1.807) is 0 Å². The van der Waals surface area contributed by atoms with Gasteiger partial charge in [0.2, 0.25) is 17.7 Å². The summed E-state index contributed by atoms with van der Waals surface area (Å²) in [6.07, 6.45) is 1.64. The highest BCUT2D eigenvalue weighted by Crippen LogP contribution is 2.49. The van der Waals surface area contributed by atoms with Crippen LogP contribution >= 0.6 is 0 Å². The number of carbonyl (C=O) groups is 4. The van der Waals surface area contributed by atoms with Crippen LogP contribution in [0.25, 0.3) is 0 Å². The SMILES string of the molecule is CCCNC(=O)C(C)N1C(=O)NC(=O)C2(CC2)C1=O. The van der Waals surface area contributed by atoms with E-state index in [0.717, 1.165) is 11.3 Å². The first-order valence-electron chi connectivity index (χ1n) is 6.41. The minimum absolute atomic E-state index is 0.393. The van der Waals surface area contributed by atoms with Crippen LogP contribution in [0.5, 0.6) is 0 Å². The Morgan fingerprint density at radius 3 is 2.58 bits per heavy atom. The molecule has 1 aliphatic heterocycles. The van der Waals surface area contributed by atoms with Gasteiger partial charge in [-0.15, -0.1) is 0 Å². The molecule has 7 nitrogen and oxygen atoms in total. The van der Waals surface area contributed by atoms with Gasteiger partial charge in [0.25, 0.3) is 0 Å². The zero-order chi connectivity index (χ0) is 14.2. The van der Waals surface area contributed by atoms with Crippen LogP contribution in [0.1, 0.15) is 33.1 Å². The average Bonchev–Trinajstić information content (AvgIpc) is 3.15. The minimum Gasteiger partial charge on any atom is -0.354 e. The van der Waals surface area contributed by atoms with E-state index in [4.69, 9.17) is 0 Å². The maximum absolute atomic E-state index is 12.2. The van der Waals surface area contributed by atoms with Crippen LogP contribution in [0.3, 0.4) is 0 Å². The van der Waals surface area contributed by atoms with Crippen LogP contribution in [0.2, 0.25) is 0 Å². The Kier molecular flexibility index (Phi) is 3.30. The third-order valence-corrected chi connectivity index (χ3v) is 3.57. The number of hydrogen-bond donors (Lipinski definition) is 2. The Labute approximate surface area is 110 Å². The van der Waals surface area contributed by atoms with E-state index in [0.29, 0.717) is 19.4 Å². The third kappa shape index (κ3) is 2.09. The molecule has 0 radical (unpaired) electrons. The minimum atomic E-state index is -1.10. The van der Waals surface area contributed by atoms with Crippen LogP contribution in [0, 0.1) is 5.41 Å². The summed E-state index contributed by atoms with van der Waals surface area (Å²) >= 11 is 0. The number of rotatable bonds is 4. The zero-order valence-electron chi connectivity index (χ0n) is 11.0. The van der Waals surface area contributed by atoms with Crippen LogP contribution in [0.15, 0.2) is 0 Å². The lowest BCUT2D eigenvalue weighted by molar-refractivity contribution is -0.148. The van der Waals surface area contributed by atoms with Crippen molar-refractivity contribution in [1.82, 2.24) is 15.5 Å². The summed E-state index contributed by atoms with van der Waals surface area (Å²) in [6.45, 7) is 3.87. The van der Waals surface area contributed by atoms with Crippen molar-refractivity contribution in [3.05, 3.63) is 0 Å². The predicted molar refractivity (Wildman–Crippen MR) is 64.8 cm³/mol. The largest absolute Gasteiger partial charge is 0.354 e. The lowest BCUT2D eigenvalue weighted by Crippen LogP contribution is -2.63. The van der Waals surface area contributed by atoms with Gasteiger partial charge in [0.1, 0.15) is 11.5 Å². The maximum Gasteiger partial charge on any atom is 0.331 e. The first-order chi connectivity index (χ1) is 8.94. The molecule has 2 N–H and O–H groups in total. The molecular formula is C12H17N3O4. The molecule has 0 bridgehead atoms. The van der Waals surface area contributed by atoms with E-state index in [2.05, 4.69) is 10.6 Å². The molecule has 0 aromatic carbocycles. The Hall–Kier alpha value is -1.92. The summed E-state index contributed by atoms with van der Waals surface area (Å²) in [7, 11) is 0. The molecule has 1 saturated heterocycles. The molecule has 2 rings (SSSR count). The first kappa shape index (κ1) is 13.5.